The number of rotatable bonds is 5. The van der Waals surface area contributed by atoms with E-state index < -0.39 is 5.54 Å². The van der Waals surface area contributed by atoms with Gasteiger partial charge in [0.25, 0.3) is 5.91 Å². The van der Waals surface area contributed by atoms with Gasteiger partial charge in [0.05, 0.1) is 6.54 Å². The Labute approximate surface area is 150 Å². The summed E-state index contributed by atoms with van der Waals surface area (Å²) in [5.74, 6) is -0.180. The normalized spacial score (nSPS) is 20.3. The fraction of sp³-hybridized carbons (Fsp3) is 0.263. The molecule has 5 heteroatoms. The van der Waals surface area contributed by atoms with Crippen molar-refractivity contribution in [3.05, 3.63) is 70.2 Å². The van der Waals surface area contributed by atoms with Crippen molar-refractivity contribution in [2.75, 3.05) is 0 Å². The third-order valence-electron chi connectivity index (χ3n) is 4.30. The molecule has 1 atom stereocenters. The smallest absolute Gasteiger partial charge is 0.319 e. The molecule has 24 heavy (non-hydrogen) atoms. The van der Waals surface area contributed by atoms with Crippen LogP contribution in [0.3, 0.4) is 0 Å². The molecule has 0 aromatic heterocycles. The summed E-state index contributed by atoms with van der Waals surface area (Å²) in [7, 11) is 0. The van der Waals surface area contributed by atoms with Crippen LogP contribution in [-0.2, 0) is 16.9 Å². The van der Waals surface area contributed by atoms with Gasteiger partial charge in [-0.3, -0.25) is 9.69 Å². The highest BCUT2D eigenvalue weighted by Gasteiger charge is 2.51. The maximum Gasteiger partial charge on any atom is 0.325 e. The molecule has 2 aromatic rings. The van der Waals surface area contributed by atoms with E-state index in [0.717, 1.165) is 22.0 Å². The van der Waals surface area contributed by atoms with Gasteiger partial charge < -0.3 is 5.32 Å². The Bertz CT molecular complexity index is 763. The SMILES string of the molecule is CCCC1(c2ccccc2)NC(=O)N(Cc2cccc(Br)c2)C1=O. The lowest BCUT2D eigenvalue weighted by Gasteiger charge is -2.27. The number of carbonyl (C=O) groups excluding carboxylic acids is 2. The third kappa shape index (κ3) is 2.96. The molecular formula is C19H19BrN2O2. The van der Waals surface area contributed by atoms with Crippen molar-refractivity contribution in [2.45, 2.75) is 31.8 Å². The second kappa shape index (κ2) is 6.77. The van der Waals surface area contributed by atoms with Crippen LogP contribution in [0.25, 0.3) is 0 Å². The monoisotopic (exact) mass is 386 g/mol. The number of nitrogens with zero attached hydrogens (tertiary/aromatic N) is 1. The number of urea groups is 1. The molecule has 1 aliphatic heterocycles. The number of carbonyl (C=O) groups is 2. The van der Waals surface area contributed by atoms with Gasteiger partial charge in [-0.2, -0.15) is 0 Å². The first-order valence-electron chi connectivity index (χ1n) is 8.01. The third-order valence-corrected chi connectivity index (χ3v) is 4.79. The molecule has 3 amide bonds. The Hall–Kier alpha value is -2.14. The van der Waals surface area contributed by atoms with Crippen molar-refractivity contribution in [3.8, 4) is 0 Å². The molecule has 4 nitrogen and oxygen atoms in total. The number of imide groups is 1. The first-order valence-corrected chi connectivity index (χ1v) is 8.80. The summed E-state index contributed by atoms with van der Waals surface area (Å²) in [5, 5.41) is 2.95. The van der Waals surface area contributed by atoms with Crippen LogP contribution in [0.15, 0.2) is 59.1 Å². The minimum atomic E-state index is -0.959. The maximum atomic E-state index is 13.1. The van der Waals surface area contributed by atoms with Gasteiger partial charge in [-0.1, -0.05) is 71.7 Å². The predicted molar refractivity (Wildman–Crippen MR) is 96.3 cm³/mol. The minimum absolute atomic E-state index is 0.180. The van der Waals surface area contributed by atoms with Gasteiger partial charge in [-0.05, 0) is 29.7 Å². The first-order chi connectivity index (χ1) is 11.6. The molecule has 0 spiro atoms. The molecule has 3 rings (SSSR count). The van der Waals surface area contributed by atoms with Gasteiger partial charge in [-0.15, -0.1) is 0 Å². The van der Waals surface area contributed by atoms with Gasteiger partial charge >= 0.3 is 6.03 Å². The lowest BCUT2D eigenvalue weighted by atomic mass is 9.85. The summed E-state index contributed by atoms with van der Waals surface area (Å²) >= 11 is 3.42. The second-order valence-electron chi connectivity index (χ2n) is 5.97. The molecule has 2 aromatic carbocycles. The standard InChI is InChI=1S/C19H19BrN2O2/c1-2-11-19(15-8-4-3-5-9-15)17(23)22(18(24)21-19)13-14-7-6-10-16(20)12-14/h3-10,12H,2,11,13H2,1H3,(H,21,24). The van der Waals surface area contributed by atoms with Crippen molar-refractivity contribution in [2.24, 2.45) is 0 Å². The van der Waals surface area contributed by atoms with Crippen LogP contribution in [0.4, 0.5) is 4.79 Å². The Morgan fingerprint density at radius 1 is 1.08 bits per heavy atom. The van der Waals surface area contributed by atoms with E-state index in [0.29, 0.717) is 6.42 Å². The molecule has 1 N–H and O–H groups in total. The average Bonchev–Trinajstić information content (AvgIpc) is 2.81. The Balaban J connectivity index is 1.94. The maximum absolute atomic E-state index is 13.1. The molecule has 124 valence electrons. The summed E-state index contributed by atoms with van der Waals surface area (Å²) in [5.41, 5.74) is 0.786. The van der Waals surface area contributed by atoms with Gasteiger partial charge in [0, 0.05) is 4.47 Å². The van der Waals surface area contributed by atoms with E-state index in [2.05, 4.69) is 21.2 Å². The molecular weight excluding hydrogens is 368 g/mol. The van der Waals surface area contributed by atoms with E-state index in [9.17, 15) is 9.59 Å². The first kappa shape index (κ1) is 16.7. The Morgan fingerprint density at radius 2 is 1.83 bits per heavy atom. The highest BCUT2D eigenvalue weighted by molar-refractivity contribution is 9.10. The van der Waals surface area contributed by atoms with Crippen molar-refractivity contribution >= 4 is 27.9 Å². The van der Waals surface area contributed by atoms with Crippen LogP contribution in [0.1, 0.15) is 30.9 Å². The van der Waals surface area contributed by atoms with Gasteiger partial charge in [0.1, 0.15) is 5.54 Å². The summed E-state index contributed by atoms with van der Waals surface area (Å²) in [6.45, 7) is 2.28. The van der Waals surface area contributed by atoms with Crippen LogP contribution < -0.4 is 5.32 Å². The number of benzene rings is 2. The minimum Gasteiger partial charge on any atom is -0.319 e. The molecule has 0 radical (unpaired) electrons. The zero-order valence-corrected chi connectivity index (χ0v) is 15.0. The van der Waals surface area contributed by atoms with E-state index in [1.54, 1.807) is 0 Å². The van der Waals surface area contributed by atoms with Crippen LogP contribution in [0.2, 0.25) is 0 Å². The summed E-state index contributed by atoms with van der Waals surface area (Å²) in [4.78, 5) is 27.0. The van der Waals surface area contributed by atoms with Crippen molar-refractivity contribution < 1.29 is 9.59 Å². The van der Waals surface area contributed by atoms with Crippen LogP contribution in [0, 0.1) is 0 Å². The molecule has 1 aliphatic rings. The number of amides is 3. The van der Waals surface area contributed by atoms with E-state index in [4.69, 9.17) is 0 Å². The average molecular weight is 387 g/mol. The number of hydrogen-bond acceptors (Lipinski definition) is 2. The van der Waals surface area contributed by atoms with E-state index in [1.165, 1.54) is 4.90 Å². The summed E-state index contributed by atoms with van der Waals surface area (Å²) < 4.78 is 0.926. The quantitative estimate of drug-likeness (QED) is 0.782. The molecule has 0 aliphatic carbocycles. The number of nitrogens with one attached hydrogen (secondary N) is 1. The van der Waals surface area contributed by atoms with Gasteiger partial charge in [0.2, 0.25) is 0 Å². The highest BCUT2D eigenvalue weighted by Crippen LogP contribution is 2.34. The van der Waals surface area contributed by atoms with Crippen LogP contribution in [-0.4, -0.2) is 16.8 Å². The number of halogens is 1. The molecule has 1 heterocycles. The topological polar surface area (TPSA) is 49.4 Å². The molecule has 0 saturated carbocycles. The highest BCUT2D eigenvalue weighted by atomic mass is 79.9. The van der Waals surface area contributed by atoms with Crippen LogP contribution in [0.5, 0.6) is 0 Å². The van der Waals surface area contributed by atoms with Crippen molar-refractivity contribution in [3.63, 3.8) is 0 Å². The lowest BCUT2D eigenvalue weighted by Crippen LogP contribution is -2.43. The second-order valence-corrected chi connectivity index (χ2v) is 6.89. The molecule has 0 bridgehead atoms. The zero-order valence-electron chi connectivity index (χ0n) is 13.5. The van der Waals surface area contributed by atoms with E-state index in [1.807, 2.05) is 61.5 Å². The summed E-state index contributed by atoms with van der Waals surface area (Å²) in [6, 6.07) is 16.8. The predicted octanol–water partition coefficient (Wildman–Crippen LogP) is 4.20. The Kier molecular flexibility index (Phi) is 4.71. The molecule has 1 unspecified atom stereocenters. The summed E-state index contributed by atoms with van der Waals surface area (Å²) in [6.07, 6.45) is 1.38. The lowest BCUT2D eigenvalue weighted by molar-refractivity contribution is -0.132. The fourth-order valence-corrected chi connectivity index (χ4v) is 3.64. The van der Waals surface area contributed by atoms with Crippen molar-refractivity contribution in [1.29, 1.82) is 0 Å². The van der Waals surface area contributed by atoms with Crippen LogP contribution >= 0.6 is 15.9 Å². The van der Waals surface area contributed by atoms with Crippen molar-refractivity contribution in [1.82, 2.24) is 10.2 Å². The largest absolute Gasteiger partial charge is 0.325 e. The molecule has 1 saturated heterocycles. The van der Waals surface area contributed by atoms with E-state index >= 15 is 0 Å². The zero-order chi connectivity index (χ0) is 17.2. The van der Waals surface area contributed by atoms with Gasteiger partial charge in [0.15, 0.2) is 0 Å². The Morgan fingerprint density at radius 3 is 2.50 bits per heavy atom. The van der Waals surface area contributed by atoms with Gasteiger partial charge in [-0.25, -0.2) is 4.79 Å². The number of hydrogen-bond donors (Lipinski definition) is 1. The van der Waals surface area contributed by atoms with E-state index in [-0.39, 0.29) is 18.5 Å². The molecule has 1 fully saturated rings. The fourth-order valence-electron chi connectivity index (χ4n) is 3.19.